The molecule has 1 fully saturated rings. The van der Waals surface area contributed by atoms with Gasteiger partial charge in [0.25, 0.3) is 5.91 Å². The molecule has 0 aliphatic carbocycles. The molecule has 1 saturated heterocycles. The molecule has 0 atom stereocenters. The van der Waals surface area contributed by atoms with E-state index in [0.29, 0.717) is 27.9 Å². The molecule has 0 saturated carbocycles. The van der Waals surface area contributed by atoms with Crippen LogP contribution in [0.15, 0.2) is 12.1 Å². The van der Waals surface area contributed by atoms with Crippen LogP contribution < -0.4 is 19.5 Å². The molecule has 0 spiro atoms. The van der Waals surface area contributed by atoms with Gasteiger partial charge in [-0.05, 0) is 30.9 Å². The van der Waals surface area contributed by atoms with Crippen molar-refractivity contribution in [3.05, 3.63) is 17.7 Å². The van der Waals surface area contributed by atoms with E-state index in [1.54, 1.807) is 12.1 Å². The normalized spacial score (nSPS) is 14.8. The van der Waals surface area contributed by atoms with E-state index < -0.39 is 0 Å². The Kier molecular flexibility index (Phi) is 6.83. The Bertz CT molecular complexity index is 605. The number of carbonyl (C=O) groups excluding carboxylic acids is 1. The summed E-state index contributed by atoms with van der Waals surface area (Å²) in [6.07, 6.45) is 0. The molecule has 0 unspecified atom stereocenters. The van der Waals surface area contributed by atoms with Crippen LogP contribution in [0, 0.1) is 0 Å². The van der Waals surface area contributed by atoms with Gasteiger partial charge in [0.1, 0.15) is 0 Å². The van der Waals surface area contributed by atoms with Crippen LogP contribution in [-0.2, 0) is 0 Å². The molecule has 0 aromatic heterocycles. The van der Waals surface area contributed by atoms with Crippen molar-refractivity contribution in [2.24, 2.45) is 0 Å². The quantitative estimate of drug-likeness (QED) is 0.789. The van der Waals surface area contributed by atoms with E-state index in [9.17, 15) is 4.79 Å². The summed E-state index contributed by atoms with van der Waals surface area (Å²) in [7, 11) is 4.54. The number of thiocarbonyl (C=S) groups is 1. The average molecular weight is 367 g/mol. The maximum Gasteiger partial charge on any atom is 0.257 e. The van der Waals surface area contributed by atoms with Crippen LogP contribution in [0.1, 0.15) is 17.3 Å². The highest BCUT2D eigenvalue weighted by atomic mass is 32.1. The van der Waals surface area contributed by atoms with Crippen molar-refractivity contribution in [1.82, 2.24) is 15.1 Å². The van der Waals surface area contributed by atoms with Crippen molar-refractivity contribution < 1.29 is 19.0 Å². The Labute approximate surface area is 153 Å². The van der Waals surface area contributed by atoms with Gasteiger partial charge in [-0.3, -0.25) is 10.1 Å². The van der Waals surface area contributed by atoms with Gasteiger partial charge in [0.05, 0.1) is 21.3 Å². The summed E-state index contributed by atoms with van der Waals surface area (Å²) in [6.45, 7) is 6.66. The van der Waals surface area contributed by atoms with Crippen molar-refractivity contribution in [1.29, 1.82) is 0 Å². The van der Waals surface area contributed by atoms with E-state index in [2.05, 4.69) is 17.1 Å². The van der Waals surface area contributed by atoms with Gasteiger partial charge in [-0.15, -0.1) is 0 Å². The van der Waals surface area contributed by atoms with Crippen molar-refractivity contribution in [3.63, 3.8) is 0 Å². The molecule has 25 heavy (non-hydrogen) atoms. The molecule has 1 N–H and O–H groups in total. The van der Waals surface area contributed by atoms with Gasteiger partial charge in [0, 0.05) is 31.7 Å². The molecule has 1 heterocycles. The monoisotopic (exact) mass is 367 g/mol. The minimum absolute atomic E-state index is 0.304. The standard InChI is InChI=1S/C17H25N3O4S/c1-5-19-6-8-20(9-7-19)17(25)18-16(21)12-10-13(22-2)15(24-4)14(11-12)23-3/h10-11H,5-9H2,1-4H3,(H,18,21,25). The van der Waals surface area contributed by atoms with Gasteiger partial charge < -0.3 is 24.0 Å². The van der Waals surface area contributed by atoms with E-state index in [-0.39, 0.29) is 5.91 Å². The number of hydrogen-bond acceptors (Lipinski definition) is 6. The fourth-order valence-electron chi connectivity index (χ4n) is 2.73. The van der Waals surface area contributed by atoms with Gasteiger partial charge in [-0.25, -0.2) is 0 Å². The summed E-state index contributed by atoms with van der Waals surface area (Å²) < 4.78 is 15.8. The third-order valence-corrected chi connectivity index (χ3v) is 4.61. The minimum Gasteiger partial charge on any atom is -0.493 e. The molecule has 138 valence electrons. The Morgan fingerprint density at radius 1 is 1.08 bits per heavy atom. The highest BCUT2D eigenvalue weighted by Gasteiger charge is 2.21. The van der Waals surface area contributed by atoms with Crippen LogP contribution >= 0.6 is 12.2 Å². The van der Waals surface area contributed by atoms with Gasteiger partial charge in [-0.1, -0.05) is 6.92 Å². The first-order chi connectivity index (χ1) is 12.0. The van der Waals surface area contributed by atoms with Crippen LogP contribution in [0.25, 0.3) is 0 Å². The van der Waals surface area contributed by atoms with Crippen molar-refractivity contribution in [2.45, 2.75) is 6.92 Å². The Morgan fingerprint density at radius 3 is 2.08 bits per heavy atom. The molecule has 1 aromatic carbocycles. The first-order valence-corrected chi connectivity index (χ1v) is 8.57. The van der Waals surface area contributed by atoms with E-state index >= 15 is 0 Å². The second-order valence-electron chi connectivity index (χ2n) is 5.59. The fraction of sp³-hybridized carbons (Fsp3) is 0.529. The number of rotatable bonds is 5. The zero-order chi connectivity index (χ0) is 18.4. The lowest BCUT2D eigenvalue weighted by atomic mass is 10.1. The van der Waals surface area contributed by atoms with Crippen LogP contribution in [0.2, 0.25) is 0 Å². The van der Waals surface area contributed by atoms with Crippen molar-refractivity contribution in [2.75, 3.05) is 54.1 Å². The Balaban J connectivity index is 2.09. The topological polar surface area (TPSA) is 63.3 Å². The molecule has 7 nitrogen and oxygen atoms in total. The van der Waals surface area contributed by atoms with Crippen molar-refractivity contribution in [3.8, 4) is 17.2 Å². The summed E-state index contributed by atoms with van der Waals surface area (Å²) in [5, 5.41) is 3.23. The molecule has 1 aliphatic heterocycles. The number of ether oxygens (including phenoxy) is 3. The SMILES string of the molecule is CCN1CCN(C(=S)NC(=O)c2cc(OC)c(OC)c(OC)c2)CC1. The number of carbonyl (C=O) groups is 1. The zero-order valence-corrected chi connectivity index (χ0v) is 15.9. The molecule has 2 rings (SSSR count). The Hall–Kier alpha value is -2.06. The maximum absolute atomic E-state index is 12.6. The van der Waals surface area contributed by atoms with Crippen LogP contribution in [-0.4, -0.2) is 74.9 Å². The second kappa shape index (κ2) is 8.87. The minimum atomic E-state index is -0.304. The van der Waals surface area contributed by atoms with Crippen LogP contribution in [0.5, 0.6) is 17.2 Å². The first-order valence-electron chi connectivity index (χ1n) is 8.16. The predicted molar refractivity (Wildman–Crippen MR) is 99.8 cm³/mol. The summed E-state index contributed by atoms with van der Waals surface area (Å²) in [5.74, 6) is 0.992. The molecule has 1 aromatic rings. The molecule has 0 radical (unpaired) electrons. The number of methoxy groups -OCH3 is 3. The smallest absolute Gasteiger partial charge is 0.257 e. The molecular formula is C17H25N3O4S. The van der Waals surface area contributed by atoms with Gasteiger partial charge in [0.15, 0.2) is 16.6 Å². The zero-order valence-electron chi connectivity index (χ0n) is 15.1. The van der Waals surface area contributed by atoms with E-state index in [0.717, 1.165) is 32.7 Å². The molecule has 8 heteroatoms. The third kappa shape index (κ3) is 4.52. The van der Waals surface area contributed by atoms with Crippen molar-refractivity contribution >= 4 is 23.2 Å². The number of hydrogen-bond donors (Lipinski definition) is 1. The van der Waals surface area contributed by atoms with E-state index in [4.69, 9.17) is 26.4 Å². The maximum atomic E-state index is 12.6. The van der Waals surface area contributed by atoms with Gasteiger partial charge in [0.2, 0.25) is 5.75 Å². The number of nitrogens with zero attached hydrogens (tertiary/aromatic N) is 2. The molecule has 1 amide bonds. The van der Waals surface area contributed by atoms with Gasteiger partial charge in [-0.2, -0.15) is 0 Å². The summed E-state index contributed by atoms with van der Waals surface area (Å²) in [6, 6.07) is 3.21. The number of piperazine rings is 1. The number of likely N-dealkylation sites (N-methyl/N-ethyl adjacent to an activating group) is 1. The predicted octanol–water partition coefficient (Wildman–Crippen LogP) is 1.36. The largest absolute Gasteiger partial charge is 0.493 e. The lowest BCUT2D eigenvalue weighted by Crippen LogP contribution is -2.52. The number of nitrogens with one attached hydrogen (secondary N) is 1. The molecule has 1 aliphatic rings. The highest BCUT2D eigenvalue weighted by Crippen LogP contribution is 2.38. The van der Waals surface area contributed by atoms with E-state index in [1.807, 2.05) is 4.90 Å². The lowest BCUT2D eigenvalue weighted by molar-refractivity contribution is 0.0969. The summed E-state index contributed by atoms with van der Waals surface area (Å²) >= 11 is 5.38. The summed E-state index contributed by atoms with van der Waals surface area (Å²) in [5.41, 5.74) is 0.393. The van der Waals surface area contributed by atoms with Crippen LogP contribution in [0.4, 0.5) is 0 Å². The fourth-order valence-corrected chi connectivity index (χ4v) is 3.00. The average Bonchev–Trinajstić information content (AvgIpc) is 2.66. The highest BCUT2D eigenvalue weighted by molar-refractivity contribution is 7.80. The second-order valence-corrected chi connectivity index (χ2v) is 5.98. The number of amides is 1. The number of benzene rings is 1. The first kappa shape index (κ1) is 19.3. The molecular weight excluding hydrogens is 342 g/mol. The van der Waals surface area contributed by atoms with E-state index in [1.165, 1.54) is 21.3 Å². The van der Waals surface area contributed by atoms with Gasteiger partial charge >= 0.3 is 0 Å². The lowest BCUT2D eigenvalue weighted by Gasteiger charge is -2.35. The summed E-state index contributed by atoms with van der Waals surface area (Å²) in [4.78, 5) is 16.9. The Morgan fingerprint density at radius 2 is 1.64 bits per heavy atom. The van der Waals surface area contributed by atoms with Crippen LogP contribution in [0.3, 0.4) is 0 Å². The third-order valence-electron chi connectivity index (χ3n) is 4.25. The molecule has 0 bridgehead atoms.